The standard InChI is InChI=1S/C11H16N2O3S/c1-13(2)17(15,16)12-11-9-6-4-3-5-8(9)7-10(11)14/h3-6,10-12,14H,7H2,1-2H3/t10-,11+/m0/s1. The van der Waals surface area contributed by atoms with Gasteiger partial charge in [0.25, 0.3) is 10.2 Å². The van der Waals surface area contributed by atoms with Crippen molar-refractivity contribution in [3.63, 3.8) is 0 Å². The smallest absolute Gasteiger partial charge is 0.279 e. The summed E-state index contributed by atoms with van der Waals surface area (Å²) in [6.45, 7) is 0. The maximum absolute atomic E-state index is 11.7. The Balaban J connectivity index is 2.29. The molecule has 1 aliphatic rings. The van der Waals surface area contributed by atoms with E-state index in [9.17, 15) is 13.5 Å². The Kier molecular flexibility index (Phi) is 3.22. The van der Waals surface area contributed by atoms with Gasteiger partial charge in [0.05, 0.1) is 12.1 Å². The number of nitrogens with one attached hydrogen (secondary N) is 1. The SMILES string of the molecule is CN(C)S(=O)(=O)N[C@@H]1c2ccccc2C[C@@H]1O. The first-order chi connectivity index (χ1) is 7.92. The predicted molar refractivity (Wildman–Crippen MR) is 64.6 cm³/mol. The fourth-order valence-corrected chi connectivity index (χ4v) is 2.80. The lowest BCUT2D eigenvalue weighted by Gasteiger charge is -2.20. The molecule has 17 heavy (non-hydrogen) atoms. The summed E-state index contributed by atoms with van der Waals surface area (Å²) in [5, 5.41) is 9.91. The number of nitrogens with zero attached hydrogens (tertiary/aromatic N) is 1. The van der Waals surface area contributed by atoms with E-state index in [0.717, 1.165) is 15.4 Å². The zero-order valence-corrected chi connectivity index (χ0v) is 10.6. The van der Waals surface area contributed by atoms with E-state index >= 15 is 0 Å². The topological polar surface area (TPSA) is 69.6 Å². The van der Waals surface area contributed by atoms with Crippen LogP contribution in [0.25, 0.3) is 0 Å². The number of fused-ring (bicyclic) bond motifs is 1. The molecule has 0 saturated heterocycles. The number of aliphatic hydroxyl groups excluding tert-OH is 1. The van der Waals surface area contributed by atoms with Gasteiger partial charge >= 0.3 is 0 Å². The summed E-state index contributed by atoms with van der Waals surface area (Å²) in [5.41, 5.74) is 1.84. The van der Waals surface area contributed by atoms with Gasteiger partial charge in [0, 0.05) is 20.5 Å². The van der Waals surface area contributed by atoms with Crippen LogP contribution in [0.15, 0.2) is 24.3 Å². The molecule has 0 bridgehead atoms. The highest BCUT2D eigenvalue weighted by Gasteiger charge is 2.34. The van der Waals surface area contributed by atoms with Crippen molar-refractivity contribution >= 4 is 10.2 Å². The summed E-state index contributed by atoms with van der Waals surface area (Å²) in [6.07, 6.45) is -0.223. The van der Waals surface area contributed by atoms with E-state index in [1.54, 1.807) is 0 Å². The lowest BCUT2D eigenvalue weighted by molar-refractivity contribution is 0.151. The fourth-order valence-electron chi connectivity index (χ4n) is 1.98. The molecule has 2 atom stereocenters. The van der Waals surface area contributed by atoms with Gasteiger partial charge in [-0.15, -0.1) is 0 Å². The maximum atomic E-state index is 11.7. The van der Waals surface area contributed by atoms with E-state index in [4.69, 9.17) is 0 Å². The monoisotopic (exact) mass is 256 g/mol. The van der Waals surface area contributed by atoms with Crippen molar-refractivity contribution in [2.75, 3.05) is 14.1 Å². The van der Waals surface area contributed by atoms with E-state index < -0.39 is 22.4 Å². The fraction of sp³-hybridized carbons (Fsp3) is 0.455. The molecular formula is C11H16N2O3S. The van der Waals surface area contributed by atoms with Crippen LogP contribution in [0.3, 0.4) is 0 Å². The molecule has 2 N–H and O–H groups in total. The molecule has 0 fully saturated rings. The molecular weight excluding hydrogens is 240 g/mol. The van der Waals surface area contributed by atoms with Crippen LogP contribution in [0, 0.1) is 0 Å². The molecule has 94 valence electrons. The van der Waals surface area contributed by atoms with Crippen molar-refractivity contribution in [2.45, 2.75) is 18.6 Å². The minimum atomic E-state index is -3.53. The van der Waals surface area contributed by atoms with Gasteiger partial charge in [-0.1, -0.05) is 24.3 Å². The largest absolute Gasteiger partial charge is 0.391 e. The molecule has 0 unspecified atom stereocenters. The van der Waals surface area contributed by atoms with Gasteiger partial charge in [-0.05, 0) is 11.1 Å². The Morgan fingerprint density at radius 3 is 2.65 bits per heavy atom. The van der Waals surface area contributed by atoms with E-state index in [1.165, 1.54) is 14.1 Å². The molecule has 0 spiro atoms. The first kappa shape index (κ1) is 12.5. The average Bonchev–Trinajstić information content (AvgIpc) is 2.55. The van der Waals surface area contributed by atoms with E-state index in [1.807, 2.05) is 24.3 Å². The van der Waals surface area contributed by atoms with Crippen LogP contribution >= 0.6 is 0 Å². The van der Waals surface area contributed by atoms with Crippen LogP contribution in [0.4, 0.5) is 0 Å². The lowest BCUT2D eigenvalue weighted by Crippen LogP contribution is -2.40. The van der Waals surface area contributed by atoms with Gasteiger partial charge < -0.3 is 5.11 Å². The van der Waals surface area contributed by atoms with Gasteiger partial charge in [-0.3, -0.25) is 0 Å². The van der Waals surface area contributed by atoms with Crippen molar-refractivity contribution in [2.24, 2.45) is 0 Å². The van der Waals surface area contributed by atoms with E-state index in [-0.39, 0.29) is 0 Å². The van der Waals surface area contributed by atoms with Crippen molar-refractivity contribution in [3.8, 4) is 0 Å². The van der Waals surface area contributed by atoms with Gasteiger partial charge in [-0.25, -0.2) is 0 Å². The Morgan fingerprint density at radius 2 is 2.00 bits per heavy atom. The first-order valence-electron chi connectivity index (χ1n) is 5.37. The van der Waals surface area contributed by atoms with Crippen molar-refractivity contribution < 1.29 is 13.5 Å². The molecule has 0 saturated carbocycles. The molecule has 6 heteroatoms. The third-order valence-electron chi connectivity index (χ3n) is 2.96. The molecule has 1 aliphatic carbocycles. The van der Waals surface area contributed by atoms with Crippen LogP contribution in [0.5, 0.6) is 0 Å². The molecule has 1 aromatic rings. The lowest BCUT2D eigenvalue weighted by atomic mass is 10.1. The summed E-state index contributed by atoms with van der Waals surface area (Å²) in [6, 6.07) is 6.91. The van der Waals surface area contributed by atoms with Crippen molar-refractivity contribution in [3.05, 3.63) is 35.4 Å². The molecule has 2 rings (SSSR count). The molecule has 0 amide bonds. The Labute approximate surface area is 101 Å². The van der Waals surface area contributed by atoms with E-state index in [2.05, 4.69) is 4.72 Å². The summed E-state index contributed by atoms with van der Waals surface area (Å²) in [4.78, 5) is 0. The molecule has 0 heterocycles. The molecule has 0 aromatic heterocycles. The van der Waals surface area contributed by atoms with Crippen LogP contribution < -0.4 is 4.72 Å². The number of benzene rings is 1. The maximum Gasteiger partial charge on any atom is 0.279 e. The molecule has 1 aromatic carbocycles. The van der Waals surface area contributed by atoms with Crippen molar-refractivity contribution in [1.82, 2.24) is 9.03 Å². The second-order valence-corrected chi connectivity index (χ2v) is 6.27. The van der Waals surface area contributed by atoms with Gasteiger partial charge in [0.1, 0.15) is 0 Å². The second kappa shape index (κ2) is 4.38. The van der Waals surface area contributed by atoms with Crippen LogP contribution in [-0.4, -0.2) is 38.0 Å². The van der Waals surface area contributed by atoms with Crippen molar-refractivity contribution in [1.29, 1.82) is 0 Å². The van der Waals surface area contributed by atoms with E-state index in [0.29, 0.717) is 6.42 Å². The number of hydrogen-bond donors (Lipinski definition) is 2. The highest BCUT2D eigenvalue weighted by molar-refractivity contribution is 7.87. The average molecular weight is 256 g/mol. The van der Waals surface area contributed by atoms with Crippen LogP contribution in [0.1, 0.15) is 17.2 Å². The Hall–Kier alpha value is -0.950. The summed E-state index contributed by atoms with van der Waals surface area (Å²) < 4.78 is 27.1. The number of aliphatic hydroxyl groups is 1. The Bertz CT molecular complexity index is 513. The third kappa shape index (κ3) is 2.35. The normalized spacial score (nSPS) is 24.0. The summed E-state index contributed by atoms with van der Waals surface area (Å²) in [7, 11) is -0.626. The molecule has 0 aliphatic heterocycles. The van der Waals surface area contributed by atoms with Crippen LogP contribution in [0.2, 0.25) is 0 Å². The van der Waals surface area contributed by atoms with Gasteiger partial charge in [0.15, 0.2) is 0 Å². The zero-order valence-electron chi connectivity index (χ0n) is 9.79. The molecule has 0 radical (unpaired) electrons. The van der Waals surface area contributed by atoms with Gasteiger partial charge in [0.2, 0.25) is 0 Å². The minimum absolute atomic E-state index is 0.483. The zero-order chi connectivity index (χ0) is 12.6. The molecule has 5 nitrogen and oxygen atoms in total. The second-order valence-electron chi connectivity index (χ2n) is 4.35. The summed E-state index contributed by atoms with van der Waals surface area (Å²) >= 11 is 0. The van der Waals surface area contributed by atoms with Gasteiger partial charge in [-0.2, -0.15) is 17.4 Å². The predicted octanol–water partition coefficient (Wildman–Crippen LogP) is 0.0407. The Morgan fingerprint density at radius 1 is 1.35 bits per heavy atom. The summed E-state index contributed by atoms with van der Waals surface area (Å²) in [5.74, 6) is 0. The minimum Gasteiger partial charge on any atom is -0.391 e. The first-order valence-corrected chi connectivity index (χ1v) is 6.81. The highest BCUT2D eigenvalue weighted by Crippen LogP contribution is 2.31. The number of rotatable bonds is 3. The third-order valence-corrected chi connectivity index (χ3v) is 4.47. The number of hydrogen-bond acceptors (Lipinski definition) is 3. The highest BCUT2D eigenvalue weighted by atomic mass is 32.2. The van der Waals surface area contributed by atoms with Crippen LogP contribution in [-0.2, 0) is 16.6 Å². The quantitative estimate of drug-likeness (QED) is 0.802.